The number of benzene rings is 1. The molecule has 0 aliphatic carbocycles. The average molecular weight is 357 g/mol. The molecule has 0 saturated carbocycles. The number of nitrogen functional groups attached to an aromatic ring is 1. The predicted molar refractivity (Wildman–Crippen MR) is 87.8 cm³/mol. The van der Waals surface area contributed by atoms with Crippen LogP contribution < -0.4 is 16.4 Å². The fraction of sp³-hybridized carbons (Fsp3) is 0.231. The van der Waals surface area contributed by atoms with Gasteiger partial charge in [0.1, 0.15) is 11.6 Å². The maximum atomic E-state index is 6.13. The minimum atomic E-state index is 0.209. The number of nitrogens with zero attached hydrogens (tertiary/aromatic N) is 2. The highest BCUT2D eigenvalue weighted by Crippen LogP contribution is 2.31. The van der Waals surface area contributed by atoms with Crippen LogP contribution in [-0.2, 0) is 0 Å². The van der Waals surface area contributed by atoms with Crippen LogP contribution in [0.5, 0.6) is 0 Å². The molecule has 0 saturated heterocycles. The average Bonchev–Trinajstić information content (AvgIpc) is 2.35. The number of rotatable bonds is 4. The molecule has 20 heavy (non-hydrogen) atoms. The number of anilines is 4. The van der Waals surface area contributed by atoms with E-state index in [1.54, 1.807) is 6.07 Å². The molecule has 2 rings (SSSR count). The summed E-state index contributed by atoms with van der Waals surface area (Å²) in [6.07, 6.45) is 0. The summed E-state index contributed by atoms with van der Waals surface area (Å²) in [5, 5.41) is 6.96. The second-order valence-corrected chi connectivity index (χ2v) is 5.49. The summed E-state index contributed by atoms with van der Waals surface area (Å²) in [4.78, 5) is 8.25. The zero-order chi connectivity index (χ0) is 14.7. The molecule has 0 bridgehead atoms. The molecule has 7 heteroatoms. The van der Waals surface area contributed by atoms with E-state index in [-0.39, 0.29) is 5.95 Å². The molecule has 0 spiro atoms. The molecule has 1 heterocycles. The summed E-state index contributed by atoms with van der Waals surface area (Å²) in [6.45, 7) is 4.69. The molecule has 2 aromatic rings. The molecule has 1 aromatic heterocycles. The Kier molecular flexibility index (Phi) is 4.67. The van der Waals surface area contributed by atoms with E-state index in [9.17, 15) is 0 Å². The van der Waals surface area contributed by atoms with Crippen LogP contribution in [0.2, 0.25) is 5.02 Å². The van der Waals surface area contributed by atoms with E-state index >= 15 is 0 Å². The van der Waals surface area contributed by atoms with Crippen molar-refractivity contribution in [3.63, 3.8) is 0 Å². The van der Waals surface area contributed by atoms with Gasteiger partial charge >= 0.3 is 0 Å². The molecule has 0 unspecified atom stereocenters. The van der Waals surface area contributed by atoms with Crippen LogP contribution >= 0.6 is 27.5 Å². The molecule has 4 N–H and O–H groups in total. The molecule has 106 valence electrons. The van der Waals surface area contributed by atoms with Crippen LogP contribution in [0.25, 0.3) is 0 Å². The quantitative estimate of drug-likeness (QED) is 0.773. The SMILES string of the molecule is CCNc1cc(Nc2cc(Cl)c(C)cc2Br)nc(N)n1. The zero-order valence-corrected chi connectivity index (χ0v) is 13.5. The van der Waals surface area contributed by atoms with E-state index in [0.717, 1.165) is 22.3 Å². The Morgan fingerprint density at radius 3 is 2.65 bits per heavy atom. The van der Waals surface area contributed by atoms with Crippen LogP contribution in [0.4, 0.5) is 23.3 Å². The van der Waals surface area contributed by atoms with Crippen molar-refractivity contribution < 1.29 is 0 Å². The Hall–Kier alpha value is -1.53. The molecule has 0 atom stereocenters. The van der Waals surface area contributed by atoms with Gasteiger partial charge in [-0.1, -0.05) is 11.6 Å². The number of halogens is 2. The summed E-state index contributed by atoms with van der Waals surface area (Å²) < 4.78 is 0.904. The number of aryl methyl sites for hydroxylation is 1. The number of hydrogen-bond acceptors (Lipinski definition) is 5. The van der Waals surface area contributed by atoms with Crippen molar-refractivity contribution in [3.05, 3.63) is 33.3 Å². The first kappa shape index (κ1) is 14.9. The molecular formula is C13H15BrClN5. The van der Waals surface area contributed by atoms with Gasteiger partial charge in [-0.3, -0.25) is 0 Å². The lowest BCUT2D eigenvalue weighted by molar-refractivity contribution is 1.12. The lowest BCUT2D eigenvalue weighted by Gasteiger charge is -2.11. The first-order valence-corrected chi connectivity index (χ1v) is 7.27. The van der Waals surface area contributed by atoms with Gasteiger partial charge in [-0.25, -0.2) is 0 Å². The number of nitrogens with one attached hydrogen (secondary N) is 2. The summed E-state index contributed by atoms with van der Waals surface area (Å²) in [7, 11) is 0. The monoisotopic (exact) mass is 355 g/mol. The fourth-order valence-electron chi connectivity index (χ4n) is 1.68. The van der Waals surface area contributed by atoms with Gasteiger partial charge in [0.25, 0.3) is 0 Å². The Balaban J connectivity index is 2.32. The zero-order valence-electron chi connectivity index (χ0n) is 11.2. The number of aromatic nitrogens is 2. The molecule has 1 aromatic carbocycles. The van der Waals surface area contributed by atoms with Crippen molar-refractivity contribution in [2.75, 3.05) is 22.9 Å². The van der Waals surface area contributed by atoms with Gasteiger partial charge in [0, 0.05) is 22.1 Å². The standard InChI is InChI=1S/C13H15BrClN5/c1-3-17-11-6-12(20-13(16)19-11)18-10-5-9(15)7(2)4-8(10)14/h4-6H,3H2,1-2H3,(H4,16,17,18,19,20). The van der Waals surface area contributed by atoms with Crippen LogP contribution in [-0.4, -0.2) is 16.5 Å². The van der Waals surface area contributed by atoms with Gasteiger partial charge in [0.05, 0.1) is 5.69 Å². The maximum absolute atomic E-state index is 6.13. The Morgan fingerprint density at radius 2 is 1.95 bits per heavy atom. The summed E-state index contributed by atoms with van der Waals surface area (Å²) in [6, 6.07) is 5.58. The summed E-state index contributed by atoms with van der Waals surface area (Å²) in [5.74, 6) is 1.49. The van der Waals surface area contributed by atoms with Crippen LogP contribution in [0.1, 0.15) is 12.5 Å². The highest BCUT2D eigenvalue weighted by atomic mass is 79.9. The van der Waals surface area contributed by atoms with E-state index in [1.807, 2.05) is 26.0 Å². The van der Waals surface area contributed by atoms with Crippen LogP contribution in [0.15, 0.2) is 22.7 Å². The highest BCUT2D eigenvalue weighted by molar-refractivity contribution is 9.10. The minimum Gasteiger partial charge on any atom is -0.370 e. The normalized spacial score (nSPS) is 10.4. The second kappa shape index (κ2) is 6.28. The summed E-state index contributed by atoms with van der Waals surface area (Å²) in [5.41, 5.74) is 7.52. The second-order valence-electron chi connectivity index (χ2n) is 4.23. The van der Waals surface area contributed by atoms with Crippen molar-refractivity contribution in [1.29, 1.82) is 0 Å². The van der Waals surface area contributed by atoms with Gasteiger partial charge in [-0.2, -0.15) is 9.97 Å². The molecule has 0 fully saturated rings. The van der Waals surface area contributed by atoms with Crippen LogP contribution in [0.3, 0.4) is 0 Å². The van der Waals surface area contributed by atoms with E-state index < -0.39 is 0 Å². The van der Waals surface area contributed by atoms with Gasteiger partial charge in [0.2, 0.25) is 5.95 Å². The maximum Gasteiger partial charge on any atom is 0.223 e. The lowest BCUT2D eigenvalue weighted by atomic mass is 10.2. The van der Waals surface area contributed by atoms with Crippen LogP contribution in [0, 0.1) is 6.92 Å². The molecule has 0 aliphatic rings. The van der Waals surface area contributed by atoms with Gasteiger partial charge in [-0.15, -0.1) is 0 Å². The van der Waals surface area contributed by atoms with E-state index in [2.05, 4.69) is 36.5 Å². The molecule has 5 nitrogen and oxygen atoms in total. The van der Waals surface area contributed by atoms with Crippen molar-refractivity contribution >= 4 is 50.8 Å². The molecule has 0 radical (unpaired) electrons. The predicted octanol–water partition coefficient (Wildman–Crippen LogP) is 3.96. The third kappa shape index (κ3) is 3.52. The molecule has 0 aliphatic heterocycles. The van der Waals surface area contributed by atoms with Gasteiger partial charge in [0.15, 0.2) is 0 Å². The largest absolute Gasteiger partial charge is 0.370 e. The van der Waals surface area contributed by atoms with Gasteiger partial charge in [-0.05, 0) is 47.5 Å². The fourth-order valence-corrected chi connectivity index (χ4v) is 2.40. The van der Waals surface area contributed by atoms with E-state index in [0.29, 0.717) is 16.7 Å². The third-order valence-electron chi connectivity index (χ3n) is 2.61. The smallest absolute Gasteiger partial charge is 0.223 e. The third-order valence-corrected chi connectivity index (χ3v) is 3.68. The topological polar surface area (TPSA) is 75.9 Å². The number of hydrogen-bond donors (Lipinski definition) is 3. The lowest BCUT2D eigenvalue weighted by Crippen LogP contribution is -2.05. The Bertz CT molecular complexity index is 632. The van der Waals surface area contributed by atoms with Crippen molar-refractivity contribution in [2.24, 2.45) is 0 Å². The Labute approximate surface area is 131 Å². The van der Waals surface area contributed by atoms with Crippen molar-refractivity contribution in [3.8, 4) is 0 Å². The van der Waals surface area contributed by atoms with Crippen molar-refractivity contribution in [2.45, 2.75) is 13.8 Å². The molecule has 0 amide bonds. The summed E-state index contributed by atoms with van der Waals surface area (Å²) >= 11 is 9.63. The first-order chi connectivity index (χ1) is 9.49. The number of nitrogens with two attached hydrogens (primary N) is 1. The highest BCUT2D eigenvalue weighted by Gasteiger charge is 2.07. The van der Waals surface area contributed by atoms with E-state index in [1.165, 1.54) is 0 Å². The van der Waals surface area contributed by atoms with Crippen molar-refractivity contribution in [1.82, 2.24) is 9.97 Å². The van der Waals surface area contributed by atoms with E-state index in [4.69, 9.17) is 17.3 Å². The van der Waals surface area contributed by atoms with Gasteiger partial charge < -0.3 is 16.4 Å². The molecular weight excluding hydrogens is 342 g/mol. The minimum absolute atomic E-state index is 0.209. The Morgan fingerprint density at radius 1 is 1.25 bits per heavy atom. The first-order valence-electron chi connectivity index (χ1n) is 6.10.